The first kappa shape index (κ1) is 11.3. The normalized spacial score (nSPS) is 27.2. The molecule has 0 unspecified atom stereocenters. The third kappa shape index (κ3) is 3.99. The number of carbonyl (C=O) groups is 1. The Bertz CT molecular complexity index is 174. The third-order valence-corrected chi connectivity index (χ3v) is 3.04. The second kappa shape index (κ2) is 5.89. The van der Waals surface area contributed by atoms with Crippen LogP contribution in [0.1, 0.15) is 51.9 Å². The highest BCUT2D eigenvalue weighted by atomic mass is 16.6. The summed E-state index contributed by atoms with van der Waals surface area (Å²) in [5.74, 6) is 0.850. The summed E-state index contributed by atoms with van der Waals surface area (Å²) in [4.78, 5) is 10.5. The van der Waals surface area contributed by atoms with Crippen molar-refractivity contribution < 1.29 is 9.53 Å². The van der Waals surface area contributed by atoms with E-state index in [4.69, 9.17) is 10.5 Å². The highest BCUT2D eigenvalue weighted by molar-refractivity contribution is 5.64. The second-order valence-electron chi connectivity index (χ2n) is 4.22. The summed E-state index contributed by atoms with van der Waals surface area (Å²) < 4.78 is 4.98. The zero-order chi connectivity index (χ0) is 10.4. The predicted molar refractivity (Wildman–Crippen MR) is 55.9 cm³/mol. The van der Waals surface area contributed by atoms with Gasteiger partial charge in [-0.2, -0.15) is 0 Å². The van der Waals surface area contributed by atoms with Crippen molar-refractivity contribution >= 4 is 6.09 Å². The number of amides is 1. The van der Waals surface area contributed by atoms with Gasteiger partial charge in [0.25, 0.3) is 0 Å². The molecule has 1 aliphatic rings. The molecular formula is C11H21NO2. The summed E-state index contributed by atoms with van der Waals surface area (Å²) in [5.41, 5.74) is 4.98. The van der Waals surface area contributed by atoms with Gasteiger partial charge in [0.05, 0.1) is 0 Å². The van der Waals surface area contributed by atoms with Crippen molar-refractivity contribution in [3.63, 3.8) is 0 Å². The molecule has 82 valence electrons. The first-order chi connectivity index (χ1) is 6.72. The van der Waals surface area contributed by atoms with Crippen molar-refractivity contribution in [1.82, 2.24) is 0 Å². The van der Waals surface area contributed by atoms with Gasteiger partial charge in [0.2, 0.25) is 0 Å². The van der Waals surface area contributed by atoms with Crippen molar-refractivity contribution in [2.24, 2.45) is 11.7 Å². The summed E-state index contributed by atoms with van der Waals surface area (Å²) in [6.45, 7) is 2.22. The lowest BCUT2D eigenvalue weighted by molar-refractivity contribution is 0.0696. The van der Waals surface area contributed by atoms with Crippen LogP contribution in [0.4, 0.5) is 4.79 Å². The number of nitrogens with two attached hydrogens (primary N) is 1. The molecule has 0 aromatic rings. The molecule has 1 amide bonds. The van der Waals surface area contributed by atoms with Gasteiger partial charge in [-0.3, -0.25) is 0 Å². The van der Waals surface area contributed by atoms with E-state index in [9.17, 15) is 4.79 Å². The zero-order valence-electron chi connectivity index (χ0n) is 9.00. The van der Waals surface area contributed by atoms with Crippen LogP contribution in [0.2, 0.25) is 0 Å². The van der Waals surface area contributed by atoms with Gasteiger partial charge in [-0.15, -0.1) is 0 Å². The number of carbonyl (C=O) groups excluding carboxylic acids is 1. The van der Waals surface area contributed by atoms with Crippen LogP contribution in [-0.4, -0.2) is 12.2 Å². The lowest BCUT2D eigenvalue weighted by Crippen LogP contribution is -2.27. The van der Waals surface area contributed by atoms with Crippen molar-refractivity contribution in [2.45, 2.75) is 58.0 Å². The topological polar surface area (TPSA) is 52.3 Å². The smallest absolute Gasteiger partial charge is 0.404 e. The number of unbranched alkanes of at least 4 members (excludes halogenated alkanes) is 1. The van der Waals surface area contributed by atoms with E-state index < -0.39 is 6.09 Å². The number of hydrogen-bond acceptors (Lipinski definition) is 2. The Hall–Kier alpha value is -0.730. The third-order valence-electron chi connectivity index (χ3n) is 3.04. The van der Waals surface area contributed by atoms with E-state index in [0.717, 1.165) is 18.8 Å². The van der Waals surface area contributed by atoms with Crippen LogP contribution in [0.3, 0.4) is 0 Å². The molecule has 3 nitrogen and oxygen atoms in total. The van der Waals surface area contributed by atoms with E-state index in [1.807, 2.05) is 0 Å². The van der Waals surface area contributed by atoms with E-state index in [0.29, 0.717) is 0 Å². The molecule has 0 aromatic carbocycles. The minimum atomic E-state index is -0.623. The Labute approximate surface area is 86.0 Å². The first-order valence-corrected chi connectivity index (χ1v) is 5.68. The fraction of sp³-hybridized carbons (Fsp3) is 0.909. The molecule has 0 spiro atoms. The largest absolute Gasteiger partial charge is 0.446 e. The average molecular weight is 199 g/mol. The summed E-state index contributed by atoms with van der Waals surface area (Å²) in [5, 5.41) is 0. The van der Waals surface area contributed by atoms with Gasteiger partial charge in [-0.25, -0.2) is 4.79 Å². The maximum atomic E-state index is 10.5. The van der Waals surface area contributed by atoms with Gasteiger partial charge >= 0.3 is 6.09 Å². The van der Waals surface area contributed by atoms with Gasteiger partial charge in [-0.1, -0.05) is 26.2 Å². The molecule has 2 N–H and O–H groups in total. The highest BCUT2D eigenvalue weighted by Crippen LogP contribution is 2.29. The first-order valence-electron chi connectivity index (χ1n) is 5.68. The van der Waals surface area contributed by atoms with Crippen LogP contribution < -0.4 is 5.73 Å². The van der Waals surface area contributed by atoms with E-state index >= 15 is 0 Å². The van der Waals surface area contributed by atoms with E-state index in [1.54, 1.807) is 0 Å². The van der Waals surface area contributed by atoms with E-state index in [2.05, 4.69) is 6.92 Å². The molecule has 0 aromatic heterocycles. The fourth-order valence-corrected chi connectivity index (χ4v) is 2.20. The summed E-state index contributed by atoms with van der Waals surface area (Å²) >= 11 is 0. The van der Waals surface area contributed by atoms with Crippen LogP contribution in [-0.2, 0) is 4.74 Å². The molecule has 0 radical (unpaired) electrons. The molecule has 0 aliphatic heterocycles. The number of rotatable bonds is 4. The standard InChI is InChI=1S/C11H21NO2/c1-2-3-4-9-5-7-10(8-6-9)14-11(12)13/h9-10H,2-8H2,1H3,(H2,12,13). The van der Waals surface area contributed by atoms with Crippen molar-refractivity contribution in [3.8, 4) is 0 Å². The summed E-state index contributed by atoms with van der Waals surface area (Å²) in [7, 11) is 0. The molecular weight excluding hydrogens is 178 g/mol. The lowest BCUT2D eigenvalue weighted by Gasteiger charge is -2.27. The second-order valence-corrected chi connectivity index (χ2v) is 4.22. The SMILES string of the molecule is CCCCC1CCC(OC(N)=O)CC1. The Balaban J connectivity index is 2.14. The zero-order valence-corrected chi connectivity index (χ0v) is 9.00. The molecule has 1 aliphatic carbocycles. The molecule has 0 heterocycles. The summed E-state index contributed by atoms with van der Waals surface area (Å²) in [6, 6.07) is 0. The van der Waals surface area contributed by atoms with Gasteiger partial charge in [0, 0.05) is 0 Å². The Kier molecular flexibility index (Phi) is 4.77. The minimum absolute atomic E-state index is 0.0883. The molecule has 1 saturated carbocycles. The van der Waals surface area contributed by atoms with Crippen LogP contribution in [0, 0.1) is 5.92 Å². The number of hydrogen-bond donors (Lipinski definition) is 1. The van der Waals surface area contributed by atoms with E-state index in [-0.39, 0.29) is 6.10 Å². The molecule has 0 atom stereocenters. The maximum Gasteiger partial charge on any atom is 0.404 e. The Morgan fingerprint density at radius 2 is 2.00 bits per heavy atom. The van der Waals surface area contributed by atoms with Crippen LogP contribution in [0.25, 0.3) is 0 Å². The Morgan fingerprint density at radius 1 is 1.36 bits per heavy atom. The van der Waals surface area contributed by atoms with Crippen molar-refractivity contribution in [2.75, 3.05) is 0 Å². The highest BCUT2D eigenvalue weighted by Gasteiger charge is 2.22. The van der Waals surface area contributed by atoms with E-state index in [1.165, 1.54) is 32.1 Å². The molecule has 14 heavy (non-hydrogen) atoms. The summed E-state index contributed by atoms with van der Waals surface area (Å²) in [6.07, 6.45) is 7.78. The van der Waals surface area contributed by atoms with Gasteiger partial charge in [0.15, 0.2) is 0 Å². The van der Waals surface area contributed by atoms with Crippen LogP contribution in [0.15, 0.2) is 0 Å². The molecule has 1 fully saturated rings. The molecule has 0 saturated heterocycles. The Morgan fingerprint density at radius 3 is 2.50 bits per heavy atom. The lowest BCUT2D eigenvalue weighted by atomic mass is 9.84. The minimum Gasteiger partial charge on any atom is -0.446 e. The molecule has 3 heteroatoms. The molecule has 1 rings (SSSR count). The average Bonchev–Trinajstić information content (AvgIpc) is 2.16. The monoisotopic (exact) mass is 199 g/mol. The predicted octanol–water partition coefficient (Wildman–Crippen LogP) is 2.83. The van der Waals surface area contributed by atoms with Gasteiger partial charge in [0.1, 0.15) is 6.10 Å². The number of ether oxygens (including phenoxy) is 1. The number of primary amides is 1. The van der Waals surface area contributed by atoms with Crippen LogP contribution >= 0.6 is 0 Å². The maximum absolute atomic E-state index is 10.5. The molecule has 0 bridgehead atoms. The fourth-order valence-electron chi connectivity index (χ4n) is 2.20. The van der Waals surface area contributed by atoms with Gasteiger partial charge in [-0.05, 0) is 31.6 Å². The van der Waals surface area contributed by atoms with Gasteiger partial charge < -0.3 is 10.5 Å². The van der Waals surface area contributed by atoms with Crippen LogP contribution in [0.5, 0.6) is 0 Å². The van der Waals surface area contributed by atoms with Crippen molar-refractivity contribution in [1.29, 1.82) is 0 Å². The quantitative estimate of drug-likeness (QED) is 0.757. The van der Waals surface area contributed by atoms with Crippen molar-refractivity contribution in [3.05, 3.63) is 0 Å².